The van der Waals surface area contributed by atoms with Crippen LogP contribution in [0.3, 0.4) is 0 Å². The Labute approximate surface area is 154 Å². The van der Waals surface area contributed by atoms with Crippen LogP contribution >= 0.6 is 15.9 Å². The van der Waals surface area contributed by atoms with Crippen molar-refractivity contribution in [1.29, 1.82) is 0 Å². The highest BCUT2D eigenvalue weighted by Gasteiger charge is 2.35. The molecular formula is C19H17BrN2O3. The second-order valence-electron chi connectivity index (χ2n) is 6.85. The summed E-state index contributed by atoms with van der Waals surface area (Å²) in [5.74, 6) is -0.860. The van der Waals surface area contributed by atoms with Gasteiger partial charge in [0.05, 0.1) is 17.3 Å². The normalized spacial score (nSPS) is 14.5. The smallest absolute Gasteiger partial charge is 0.282 e. The van der Waals surface area contributed by atoms with E-state index < -0.39 is 11.8 Å². The van der Waals surface area contributed by atoms with E-state index in [2.05, 4.69) is 21.0 Å². The Morgan fingerprint density at radius 3 is 2.16 bits per heavy atom. The summed E-state index contributed by atoms with van der Waals surface area (Å²) < 4.78 is 0.777. The summed E-state index contributed by atoms with van der Waals surface area (Å²) in [5.41, 5.74) is 1.56. The predicted octanol–water partition coefficient (Wildman–Crippen LogP) is 4.08. The summed E-state index contributed by atoms with van der Waals surface area (Å²) in [6.45, 7) is 5.96. The molecule has 3 rings (SSSR count). The fourth-order valence-electron chi connectivity index (χ4n) is 2.69. The van der Waals surface area contributed by atoms with Gasteiger partial charge >= 0.3 is 0 Å². The van der Waals surface area contributed by atoms with Crippen LogP contribution in [0.25, 0.3) is 0 Å². The quantitative estimate of drug-likeness (QED) is 0.609. The van der Waals surface area contributed by atoms with Gasteiger partial charge in [-0.05, 0) is 29.7 Å². The molecule has 6 heteroatoms. The molecule has 0 unspecified atom stereocenters. The number of fused-ring (bicyclic) bond motifs is 1. The van der Waals surface area contributed by atoms with Crippen LogP contribution in [0.1, 0.15) is 52.6 Å². The number of hydrogen-bond acceptors (Lipinski definition) is 4. The number of hydrogen-bond donors (Lipinski definition) is 1. The van der Waals surface area contributed by atoms with Gasteiger partial charge in [0.15, 0.2) is 0 Å². The molecule has 0 bridgehead atoms. The van der Waals surface area contributed by atoms with Gasteiger partial charge in [0.25, 0.3) is 11.8 Å². The first-order valence-electron chi connectivity index (χ1n) is 7.75. The summed E-state index contributed by atoms with van der Waals surface area (Å²) in [5, 5.41) is 15.4. The molecule has 0 aromatic heterocycles. The van der Waals surface area contributed by atoms with E-state index in [0.717, 1.165) is 15.0 Å². The third-order valence-corrected chi connectivity index (χ3v) is 4.45. The van der Waals surface area contributed by atoms with Crippen molar-refractivity contribution in [3.8, 4) is 5.75 Å². The number of imide groups is 1. The summed E-state index contributed by atoms with van der Waals surface area (Å²) in [6.07, 6.45) is 1.33. The van der Waals surface area contributed by atoms with E-state index in [9.17, 15) is 14.7 Å². The number of nitrogens with zero attached hydrogens (tertiary/aromatic N) is 2. The zero-order valence-corrected chi connectivity index (χ0v) is 15.7. The van der Waals surface area contributed by atoms with Crippen molar-refractivity contribution in [3.05, 3.63) is 63.1 Å². The minimum Gasteiger partial charge on any atom is -0.507 e. The third-order valence-electron chi connectivity index (χ3n) is 4.00. The highest BCUT2D eigenvalue weighted by Crippen LogP contribution is 2.35. The number of benzene rings is 2. The second-order valence-corrected chi connectivity index (χ2v) is 7.77. The summed E-state index contributed by atoms with van der Waals surface area (Å²) in [4.78, 5) is 24.7. The van der Waals surface area contributed by atoms with Gasteiger partial charge in [-0.3, -0.25) is 9.59 Å². The molecule has 2 aromatic rings. The van der Waals surface area contributed by atoms with E-state index in [4.69, 9.17) is 0 Å². The van der Waals surface area contributed by atoms with Crippen molar-refractivity contribution in [2.45, 2.75) is 26.2 Å². The summed E-state index contributed by atoms with van der Waals surface area (Å²) >= 11 is 3.42. The molecule has 0 saturated heterocycles. The first-order chi connectivity index (χ1) is 11.7. The van der Waals surface area contributed by atoms with Crippen molar-refractivity contribution < 1.29 is 14.7 Å². The molecule has 2 aromatic carbocycles. The standard InChI is InChI=1S/C19H17BrN2O3/c1-19(2,3)15-9-12(20)8-11(16(15)23)10-21-22-17(24)13-6-4-5-7-14(13)18(22)25/h4-10,23H,1-3H3/b21-10+. The summed E-state index contributed by atoms with van der Waals surface area (Å²) in [7, 11) is 0. The highest BCUT2D eigenvalue weighted by atomic mass is 79.9. The van der Waals surface area contributed by atoms with Gasteiger partial charge in [-0.2, -0.15) is 10.1 Å². The lowest BCUT2D eigenvalue weighted by Gasteiger charge is -2.21. The van der Waals surface area contributed by atoms with E-state index in [1.54, 1.807) is 30.3 Å². The third kappa shape index (κ3) is 3.09. The Hall–Kier alpha value is -2.47. The zero-order valence-electron chi connectivity index (χ0n) is 14.1. The molecule has 0 spiro atoms. The van der Waals surface area contributed by atoms with Gasteiger partial charge in [-0.1, -0.05) is 48.8 Å². The van der Waals surface area contributed by atoms with Crippen LogP contribution in [0.2, 0.25) is 0 Å². The predicted molar refractivity (Wildman–Crippen MR) is 99.0 cm³/mol. The molecule has 0 radical (unpaired) electrons. The lowest BCUT2D eigenvalue weighted by atomic mass is 9.85. The number of aromatic hydroxyl groups is 1. The molecular weight excluding hydrogens is 384 g/mol. The number of phenolic OH excluding ortho intramolecular Hbond substituents is 1. The average molecular weight is 401 g/mol. The topological polar surface area (TPSA) is 70.0 Å². The number of phenols is 1. The first kappa shape index (κ1) is 17.4. The van der Waals surface area contributed by atoms with Crippen LogP contribution in [0.5, 0.6) is 5.75 Å². The number of hydrazone groups is 1. The largest absolute Gasteiger partial charge is 0.507 e. The molecule has 0 aliphatic carbocycles. The van der Waals surface area contributed by atoms with Gasteiger partial charge in [0.1, 0.15) is 5.75 Å². The van der Waals surface area contributed by atoms with Crippen molar-refractivity contribution in [2.24, 2.45) is 5.10 Å². The molecule has 0 saturated carbocycles. The Morgan fingerprint density at radius 1 is 1.08 bits per heavy atom. The van der Waals surface area contributed by atoms with Crippen molar-refractivity contribution >= 4 is 34.0 Å². The maximum Gasteiger partial charge on any atom is 0.282 e. The minimum atomic E-state index is -0.470. The van der Waals surface area contributed by atoms with E-state index >= 15 is 0 Å². The lowest BCUT2D eigenvalue weighted by Crippen LogP contribution is -2.24. The maximum atomic E-state index is 12.3. The Bertz CT molecular complexity index is 878. The Balaban J connectivity index is 1.98. The average Bonchev–Trinajstić information content (AvgIpc) is 2.79. The highest BCUT2D eigenvalue weighted by molar-refractivity contribution is 9.10. The lowest BCUT2D eigenvalue weighted by molar-refractivity contribution is 0.0660. The molecule has 0 fully saturated rings. The molecule has 1 aliphatic rings. The molecule has 1 aliphatic heterocycles. The Kier molecular flexibility index (Phi) is 4.24. The first-order valence-corrected chi connectivity index (χ1v) is 8.54. The van der Waals surface area contributed by atoms with Crippen molar-refractivity contribution in [2.75, 3.05) is 0 Å². The van der Waals surface area contributed by atoms with Crippen LogP contribution in [0.4, 0.5) is 0 Å². The minimum absolute atomic E-state index is 0.0797. The molecule has 1 heterocycles. The fraction of sp³-hybridized carbons (Fsp3) is 0.211. The zero-order chi connectivity index (χ0) is 18.4. The number of rotatable bonds is 2. The maximum absolute atomic E-state index is 12.3. The number of halogens is 1. The van der Waals surface area contributed by atoms with E-state index in [1.165, 1.54) is 6.21 Å². The number of carbonyl (C=O) groups is 2. The van der Waals surface area contributed by atoms with Gasteiger partial charge in [0.2, 0.25) is 0 Å². The number of amides is 2. The second kappa shape index (κ2) is 6.11. The van der Waals surface area contributed by atoms with Crippen LogP contribution in [0, 0.1) is 0 Å². The van der Waals surface area contributed by atoms with Crippen LogP contribution in [0.15, 0.2) is 46.0 Å². The molecule has 0 atom stereocenters. The van der Waals surface area contributed by atoms with Crippen molar-refractivity contribution in [1.82, 2.24) is 5.01 Å². The molecule has 1 N–H and O–H groups in total. The molecule has 25 heavy (non-hydrogen) atoms. The molecule has 128 valence electrons. The number of carbonyl (C=O) groups excluding carboxylic acids is 2. The van der Waals surface area contributed by atoms with Crippen LogP contribution in [-0.2, 0) is 5.41 Å². The van der Waals surface area contributed by atoms with E-state index in [-0.39, 0.29) is 11.2 Å². The Morgan fingerprint density at radius 2 is 1.64 bits per heavy atom. The van der Waals surface area contributed by atoms with E-state index in [0.29, 0.717) is 16.7 Å². The van der Waals surface area contributed by atoms with Gasteiger partial charge in [0, 0.05) is 15.6 Å². The molecule has 5 nitrogen and oxygen atoms in total. The van der Waals surface area contributed by atoms with Gasteiger partial charge in [-0.25, -0.2) is 0 Å². The fourth-order valence-corrected chi connectivity index (χ4v) is 3.17. The van der Waals surface area contributed by atoms with Crippen molar-refractivity contribution in [3.63, 3.8) is 0 Å². The van der Waals surface area contributed by atoms with Gasteiger partial charge in [-0.15, -0.1) is 0 Å². The van der Waals surface area contributed by atoms with Crippen LogP contribution in [-0.4, -0.2) is 28.1 Å². The monoisotopic (exact) mass is 400 g/mol. The van der Waals surface area contributed by atoms with Gasteiger partial charge < -0.3 is 5.11 Å². The van der Waals surface area contributed by atoms with Crippen LogP contribution < -0.4 is 0 Å². The summed E-state index contributed by atoms with van der Waals surface area (Å²) in [6, 6.07) is 10.1. The molecule has 2 amide bonds. The SMILES string of the molecule is CC(C)(C)c1cc(Br)cc(/C=N/N2C(=O)c3ccccc3C2=O)c1O. The van der Waals surface area contributed by atoms with E-state index in [1.807, 2.05) is 26.8 Å².